The molecule has 0 spiro atoms. The lowest BCUT2D eigenvalue weighted by Gasteiger charge is -2.10. The normalized spacial score (nSPS) is 12.8. The summed E-state index contributed by atoms with van der Waals surface area (Å²) in [6.45, 7) is 0. The van der Waals surface area contributed by atoms with E-state index >= 15 is 0 Å². The number of rotatable bonds is 2. The van der Waals surface area contributed by atoms with Crippen molar-refractivity contribution >= 4 is 66.4 Å². The van der Waals surface area contributed by atoms with Gasteiger partial charge in [0.05, 0.1) is 5.38 Å². The molecule has 0 bridgehead atoms. The fourth-order valence-corrected chi connectivity index (χ4v) is 4.23. The molecule has 0 amide bonds. The van der Waals surface area contributed by atoms with E-state index in [0.717, 1.165) is 9.35 Å². The molecule has 0 fully saturated rings. The molecule has 1 aromatic carbocycles. The van der Waals surface area contributed by atoms with Crippen molar-refractivity contribution in [2.45, 2.75) is 5.38 Å². The molecule has 0 saturated heterocycles. The average molecular weight is 419 g/mol. The molecule has 1 heterocycles. The fraction of sp³-hybridized carbons (Fsp3) is 0.0909. The first-order chi connectivity index (χ1) is 8.00. The molecule has 2 rings (SSSR count). The quantitative estimate of drug-likeness (QED) is 0.495. The predicted octanol–water partition coefficient (Wildman–Crippen LogP) is 6.39. The minimum Gasteiger partial charge on any atom is -0.207 e. The summed E-state index contributed by atoms with van der Waals surface area (Å²) < 4.78 is 15.8. The Balaban J connectivity index is 2.47. The van der Waals surface area contributed by atoms with E-state index < -0.39 is 5.38 Å². The van der Waals surface area contributed by atoms with Gasteiger partial charge in [-0.3, -0.25) is 0 Å². The third-order valence-electron chi connectivity index (χ3n) is 2.17. The zero-order valence-corrected chi connectivity index (χ0v) is 13.7. The molecule has 0 aliphatic carbocycles. The van der Waals surface area contributed by atoms with Crippen LogP contribution in [-0.2, 0) is 0 Å². The van der Waals surface area contributed by atoms with E-state index in [1.54, 1.807) is 12.1 Å². The summed E-state index contributed by atoms with van der Waals surface area (Å²) in [7, 11) is 0. The topological polar surface area (TPSA) is 0 Å². The van der Waals surface area contributed by atoms with Crippen LogP contribution in [0.1, 0.15) is 15.8 Å². The third-order valence-corrected chi connectivity index (χ3v) is 5.98. The summed E-state index contributed by atoms with van der Waals surface area (Å²) in [4.78, 5) is 0.800. The highest BCUT2D eigenvalue weighted by molar-refractivity contribution is 9.10. The van der Waals surface area contributed by atoms with Crippen LogP contribution < -0.4 is 0 Å². The van der Waals surface area contributed by atoms with E-state index in [4.69, 9.17) is 23.2 Å². The van der Waals surface area contributed by atoms with Gasteiger partial charge in [0, 0.05) is 19.4 Å². The summed E-state index contributed by atoms with van der Waals surface area (Å²) in [6.07, 6.45) is 0. The molecule has 0 aliphatic heterocycles. The van der Waals surface area contributed by atoms with Gasteiger partial charge in [0.15, 0.2) is 0 Å². The lowest BCUT2D eigenvalue weighted by Crippen LogP contribution is -1.96. The number of thiophene rings is 1. The molecule has 17 heavy (non-hydrogen) atoms. The van der Waals surface area contributed by atoms with Crippen molar-refractivity contribution < 1.29 is 4.39 Å². The maximum absolute atomic E-state index is 13.7. The SMILES string of the molecule is Fc1cccc(Br)c1C(Cl)c1cc(Br)c(Cl)s1. The van der Waals surface area contributed by atoms with Gasteiger partial charge in [0.1, 0.15) is 10.2 Å². The highest BCUT2D eigenvalue weighted by Crippen LogP contribution is 2.42. The maximum atomic E-state index is 13.7. The smallest absolute Gasteiger partial charge is 0.129 e. The number of alkyl halides is 1. The Morgan fingerprint density at radius 1 is 1.24 bits per heavy atom. The standard InChI is InChI=1S/C11H5Br2Cl2FS/c12-5-2-1-3-7(16)9(5)10(14)8-4-6(13)11(15)17-8/h1-4,10H. The lowest BCUT2D eigenvalue weighted by molar-refractivity contribution is 0.611. The number of hydrogen-bond donors (Lipinski definition) is 0. The Kier molecular flexibility index (Phi) is 4.53. The fourth-order valence-electron chi connectivity index (χ4n) is 1.38. The Labute approximate surface area is 129 Å². The van der Waals surface area contributed by atoms with Crippen LogP contribution >= 0.6 is 66.4 Å². The van der Waals surface area contributed by atoms with Gasteiger partial charge in [-0.1, -0.05) is 33.6 Å². The predicted molar refractivity (Wildman–Crippen MR) is 78.8 cm³/mol. The van der Waals surface area contributed by atoms with Gasteiger partial charge in [0.25, 0.3) is 0 Å². The molecule has 1 aromatic heterocycles. The van der Waals surface area contributed by atoms with Gasteiger partial charge >= 0.3 is 0 Å². The van der Waals surface area contributed by atoms with Crippen molar-refractivity contribution in [3.05, 3.63) is 53.8 Å². The molecule has 1 atom stereocenters. The van der Waals surface area contributed by atoms with E-state index in [9.17, 15) is 4.39 Å². The summed E-state index contributed by atoms with van der Waals surface area (Å²) in [6, 6.07) is 6.59. The second-order valence-corrected chi connectivity index (χ2v) is 7.10. The van der Waals surface area contributed by atoms with E-state index in [2.05, 4.69) is 31.9 Å². The van der Waals surface area contributed by atoms with Crippen molar-refractivity contribution in [2.24, 2.45) is 0 Å². The van der Waals surface area contributed by atoms with Gasteiger partial charge in [-0.2, -0.15) is 0 Å². The van der Waals surface area contributed by atoms with E-state index in [0.29, 0.717) is 14.4 Å². The Hall–Kier alpha value is 0.390. The Morgan fingerprint density at radius 3 is 2.47 bits per heavy atom. The molecule has 0 aliphatic rings. The van der Waals surface area contributed by atoms with Gasteiger partial charge in [-0.25, -0.2) is 4.39 Å². The zero-order chi connectivity index (χ0) is 12.6. The van der Waals surface area contributed by atoms with E-state index in [1.165, 1.54) is 17.4 Å². The third kappa shape index (κ3) is 2.87. The van der Waals surface area contributed by atoms with Gasteiger partial charge in [0.2, 0.25) is 0 Å². The Bertz CT molecular complexity index is 517. The Morgan fingerprint density at radius 2 is 1.94 bits per heavy atom. The molecule has 0 saturated carbocycles. The van der Waals surface area contributed by atoms with Gasteiger partial charge in [-0.15, -0.1) is 22.9 Å². The molecule has 0 nitrogen and oxygen atoms in total. The van der Waals surface area contributed by atoms with Crippen LogP contribution in [0.2, 0.25) is 4.34 Å². The first kappa shape index (κ1) is 13.8. The minimum atomic E-state index is -0.556. The van der Waals surface area contributed by atoms with Gasteiger partial charge in [-0.05, 0) is 34.1 Å². The van der Waals surface area contributed by atoms with Crippen molar-refractivity contribution in [3.63, 3.8) is 0 Å². The number of benzene rings is 1. The number of hydrogen-bond acceptors (Lipinski definition) is 1. The molecule has 1 unspecified atom stereocenters. The molecule has 0 N–H and O–H groups in total. The first-order valence-corrected chi connectivity index (χ1v) is 7.75. The van der Waals surface area contributed by atoms with E-state index in [-0.39, 0.29) is 5.82 Å². The van der Waals surface area contributed by atoms with Crippen LogP contribution in [0, 0.1) is 5.82 Å². The molecule has 2 aromatic rings. The van der Waals surface area contributed by atoms with Crippen LogP contribution in [0.3, 0.4) is 0 Å². The van der Waals surface area contributed by atoms with Crippen molar-refractivity contribution in [1.29, 1.82) is 0 Å². The van der Waals surface area contributed by atoms with Crippen LogP contribution in [0.5, 0.6) is 0 Å². The van der Waals surface area contributed by atoms with Crippen molar-refractivity contribution in [2.75, 3.05) is 0 Å². The minimum absolute atomic E-state index is 0.333. The second-order valence-electron chi connectivity index (χ2n) is 3.27. The van der Waals surface area contributed by atoms with Crippen LogP contribution in [0.4, 0.5) is 4.39 Å². The van der Waals surface area contributed by atoms with E-state index in [1.807, 2.05) is 6.07 Å². The number of halogens is 5. The first-order valence-electron chi connectivity index (χ1n) is 4.53. The average Bonchev–Trinajstić information content (AvgIpc) is 2.59. The van der Waals surface area contributed by atoms with Crippen LogP contribution in [0.25, 0.3) is 0 Å². The second kappa shape index (κ2) is 5.57. The molecule has 6 heteroatoms. The summed E-state index contributed by atoms with van der Waals surface area (Å²) in [5.41, 5.74) is 0.430. The van der Waals surface area contributed by atoms with Crippen LogP contribution in [-0.4, -0.2) is 0 Å². The molecular formula is C11H5Br2Cl2FS. The maximum Gasteiger partial charge on any atom is 0.129 e. The zero-order valence-electron chi connectivity index (χ0n) is 8.18. The monoisotopic (exact) mass is 416 g/mol. The van der Waals surface area contributed by atoms with Crippen molar-refractivity contribution in [3.8, 4) is 0 Å². The largest absolute Gasteiger partial charge is 0.207 e. The lowest BCUT2D eigenvalue weighted by atomic mass is 10.1. The molecular weight excluding hydrogens is 414 g/mol. The summed E-state index contributed by atoms with van der Waals surface area (Å²) in [5, 5.41) is -0.556. The summed E-state index contributed by atoms with van der Waals surface area (Å²) in [5.74, 6) is -0.333. The van der Waals surface area contributed by atoms with Crippen molar-refractivity contribution in [1.82, 2.24) is 0 Å². The van der Waals surface area contributed by atoms with Crippen LogP contribution in [0.15, 0.2) is 33.2 Å². The molecule has 90 valence electrons. The highest BCUT2D eigenvalue weighted by Gasteiger charge is 2.21. The van der Waals surface area contributed by atoms with Gasteiger partial charge < -0.3 is 0 Å². The molecule has 0 radical (unpaired) electrons. The highest BCUT2D eigenvalue weighted by atomic mass is 79.9. The summed E-state index contributed by atoms with van der Waals surface area (Å²) >= 11 is 20.2.